The predicted octanol–water partition coefficient (Wildman–Crippen LogP) is 3.95. The van der Waals surface area contributed by atoms with E-state index < -0.39 is 0 Å². The molecule has 1 aliphatic carbocycles. The molecule has 0 atom stereocenters. The topological polar surface area (TPSA) is 40.6 Å². The quantitative estimate of drug-likeness (QED) is 0.820. The van der Waals surface area contributed by atoms with E-state index >= 15 is 0 Å². The predicted molar refractivity (Wildman–Crippen MR) is 104 cm³/mol. The van der Waals surface area contributed by atoms with E-state index in [4.69, 9.17) is 0 Å². The van der Waals surface area contributed by atoms with E-state index in [0.717, 1.165) is 23.5 Å². The zero-order valence-electron chi connectivity index (χ0n) is 16.3. The van der Waals surface area contributed by atoms with Crippen LogP contribution >= 0.6 is 0 Å². The van der Waals surface area contributed by atoms with Crippen LogP contribution in [0, 0.1) is 19.8 Å². The number of carbonyl (C=O) groups excluding carboxylic acids is 2. The van der Waals surface area contributed by atoms with Gasteiger partial charge in [-0.3, -0.25) is 9.59 Å². The average molecular weight is 357 g/mol. The van der Waals surface area contributed by atoms with Crippen molar-refractivity contribution in [1.29, 1.82) is 0 Å². The van der Waals surface area contributed by atoms with Crippen molar-refractivity contribution in [2.75, 3.05) is 26.2 Å². The lowest BCUT2D eigenvalue weighted by molar-refractivity contribution is -0.133. The van der Waals surface area contributed by atoms with Crippen LogP contribution in [0.25, 0.3) is 0 Å². The fourth-order valence-corrected chi connectivity index (χ4v) is 4.18. The first-order valence-electron chi connectivity index (χ1n) is 10.2. The van der Waals surface area contributed by atoms with E-state index in [1.54, 1.807) is 0 Å². The van der Waals surface area contributed by atoms with Gasteiger partial charge in [0.25, 0.3) is 5.91 Å². The number of nitrogens with zero attached hydrogens (tertiary/aromatic N) is 2. The van der Waals surface area contributed by atoms with Gasteiger partial charge in [0.05, 0.1) is 0 Å². The minimum absolute atomic E-state index is 0.0856. The molecule has 0 unspecified atom stereocenters. The maximum Gasteiger partial charge on any atom is 0.253 e. The monoisotopic (exact) mass is 356 g/mol. The van der Waals surface area contributed by atoms with E-state index in [0.29, 0.717) is 32.6 Å². The molecule has 2 fully saturated rings. The summed E-state index contributed by atoms with van der Waals surface area (Å²) in [4.78, 5) is 29.0. The van der Waals surface area contributed by atoms with Crippen LogP contribution in [0.5, 0.6) is 0 Å². The number of hydrogen-bond donors (Lipinski definition) is 0. The smallest absolute Gasteiger partial charge is 0.253 e. The molecule has 1 aromatic carbocycles. The molecule has 26 heavy (non-hydrogen) atoms. The zero-order valence-corrected chi connectivity index (χ0v) is 16.3. The van der Waals surface area contributed by atoms with Crippen molar-refractivity contribution in [2.45, 2.75) is 58.8 Å². The lowest BCUT2D eigenvalue weighted by Gasteiger charge is -2.35. The van der Waals surface area contributed by atoms with E-state index in [1.807, 2.05) is 34.9 Å². The lowest BCUT2D eigenvalue weighted by Crippen LogP contribution is -2.50. The Bertz CT molecular complexity index is 642. The first kappa shape index (κ1) is 18.9. The molecule has 1 aliphatic heterocycles. The number of hydrogen-bond acceptors (Lipinski definition) is 2. The number of piperazine rings is 1. The van der Waals surface area contributed by atoms with Gasteiger partial charge in [0, 0.05) is 38.2 Å². The second kappa shape index (κ2) is 8.70. The van der Waals surface area contributed by atoms with Gasteiger partial charge in [-0.15, -0.1) is 0 Å². The summed E-state index contributed by atoms with van der Waals surface area (Å²) in [5.41, 5.74) is 3.10. The molecular weight excluding hydrogens is 324 g/mol. The molecule has 0 bridgehead atoms. The summed E-state index contributed by atoms with van der Waals surface area (Å²) in [6.45, 7) is 6.71. The third-order valence-corrected chi connectivity index (χ3v) is 6.16. The van der Waals surface area contributed by atoms with Crippen molar-refractivity contribution in [3.05, 3.63) is 34.9 Å². The summed E-state index contributed by atoms with van der Waals surface area (Å²) < 4.78 is 0. The van der Waals surface area contributed by atoms with Crippen LogP contribution in [0.1, 0.15) is 66.4 Å². The minimum Gasteiger partial charge on any atom is -0.339 e. The summed E-state index contributed by atoms with van der Waals surface area (Å²) in [5.74, 6) is 1.11. The number of aryl methyl sites for hydroxylation is 2. The summed E-state index contributed by atoms with van der Waals surface area (Å²) in [6, 6.07) is 5.89. The van der Waals surface area contributed by atoms with Crippen LogP contribution in [-0.2, 0) is 4.79 Å². The van der Waals surface area contributed by atoms with Crippen LogP contribution in [0.4, 0.5) is 0 Å². The zero-order chi connectivity index (χ0) is 18.5. The van der Waals surface area contributed by atoms with Crippen molar-refractivity contribution in [1.82, 2.24) is 9.80 Å². The van der Waals surface area contributed by atoms with Gasteiger partial charge in [0.1, 0.15) is 0 Å². The van der Waals surface area contributed by atoms with Crippen LogP contribution < -0.4 is 0 Å². The van der Waals surface area contributed by atoms with Crippen molar-refractivity contribution < 1.29 is 9.59 Å². The van der Waals surface area contributed by atoms with Gasteiger partial charge >= 0.3 is 0 Å². The maximum absolute atomic E-state index is 12.7. The van der Waals surface area contributed by atoms with E-state index in [1.165, 1.54) is 37.7 Å². The SMILES string of the molecule is Cc1ccc(C(=O)N2CCN(C(=O)CCC3CCCCC3)CC2)cc1C. The Kier molecular flexibility index (Phi) is 6.33. The molecule has 3 rings (SSSR count). The Morgan fingerprint density at radius 1 is 0.923 bits per heavy atom. The Balaban J connectivity index is 1.46. The minimum atomic E-state index is 0.0856. The summed E-state index contributed by atoms with van der Waals surface area (Å²) in [5, 5.41) is 0. The van der Waals surface area contributed by atoms with Crippen LogP contribution in [0.3, 0.4) is 0 Å². The summed E-state index contributed by atoms with van der Waals surface area (Å²) in [7, 11) is 0. The Morgan fingerprint density at radius 2 is 1.58 bits per heavy atom. The molecule has 2 amide bonds. The normalized spacial score (nSPS) is 18.8. The highest BCUT2D eigenvalue weighted by atomic mass is 16.2. The van der Waals surface area contributed by atoms with E-state index in [-0.39, 0.29) is 11.8 Å². The number of amides is 2. The molecule has 4 nitrogen and oxygen atoms in total. The maximum atomic E-state index is 12.7. The standard InChI is InChI=1S/C22H32N2O2/c1-17-8-10-20(16-18(17)2)22(26)24-14-12-23(13-15-24)21(25)11-9-19-6-4-3-5-7-19/h8,10,16,19H,3-7,9,11-15H2,1-2H3. The highest BCUT2D eigenvalue weighted by Crippen LogP contribution is 2.27. The fourth-order valence-electron chi connectivity index (χ4n) is 4.18. The molecule has 2 aliphatic rings. The highest BCUT2D eigenvalue weighted by molar-refractivity contribution is 5.94. The molecule has 1 heterocycles. The Hall–Kier alpha value is -1.84. The number of benzene rings is 1. The molecule has 0 radical (unpaired) electrons. The van der Waals surface area contributed by atoms with Crippen LogP contribution in [0.15, 0.2) is 18.2 Å². The average Bonchev–Trinajstić information content (AvgIpc) is 2.68. The molecule has 1 aromatic rings. The molecule has 0 aromatic heterocycles. The van der Waals surface area contributed by atoms with Gasteiger partial charge in [-0.2, -0.15) is 0 Å². The van der Waals surface area contributed by atoms with Gasteiger partial charge in [0.15, 0.2) is 0 Å². The Labute approximate surface area is 157 Å². The largest absolute Gasteiger partial charge is 0.339 e. The molecule has 142 valence electrons. The third-order valence-electron chi connectivity index (χ3n) is 6.16. The highest BCUT2D eigenvalue weighted by Gasteiger charge is 2.25. The third kappa shape index (κ3) is 4.66. The van der Waals surface area contributed by atoms with Crippen LogP contribution in [-0.4, -0.2) is 47.8 Å². The molecule has 0 spiro atoms. The van der Waals surface area contributed by atoms with Crippen molar-refractivity contribution in [3.63, 3.8) is 0 Å². The second-order valence-corrected chi connectivity index (χ2v) is 8.01. The molecular formula is C22H32N2O2. The molecule has 1 saturated heterocycles. The molecule has 1 saturated carbocycles. The van der Waals surface area contributed by atoms with E-state index in [9.17, 15) is 9.59 Å². The van der Waals surface area contributed by atoms with Crippen molar-refractivity contribution >= 4 is 11.8 Å². The first-order chi connectivity index (χ1) is 12.5. The summed E-state index contributed by atoms with van der Waals surface area (Å²) in [6.07, 6.45) is 8.34. The van der Waals surface area contributed by atoms with Gasteiger partial charge in [-0.25, -0.2) is 0 Å². The second-order valence-electron chi connectivity index (χ2n) is 8.01. The van der Waals surface area contributed by atoms with Crippen molar-refractivity contribution in [3.8, 4) is 0 Å². The Morgan fingerprint density at radius 3 is 2.23 bits per heavy atom. The number of carbonyl (C=O) groups is 2. The van der Waals surface area contributed by atoms with E-state index in [2.05, 4.69) is 6.92 Å². The lowest BCUT2D eigenvalue weighted by atomic mass is 9.86. The first-order valence-corrected chi connectivity index (χ1v) is 10.2. The van der Waals surface area contributed by atoms with Gasteiger partial charge in [-0.1, -0.05) is 38.2 Å². The van der Waals surface area contributed by atoms with Gasteiger partial charge in [0.2, 0.25) is 5.91 Å². The van der Waals surface area contributed by atoms with Gasteiger partial charge in [-0.05, 0) is 49.4 Å². The fraction of sp³-hybridized carbons (Fsp3) is 0.636. The van der Waals surface area contributed by atoms with Crippen LogP contribution in [0.2, 0.25) is 0 Å². The summed E-state index contributed by atoms with van der Waals surface area (Å²) >= 11 is 0. The molecule has 0 N–H and O–H groups in total. The van der Waals surface area contributed by atoms with Crippen molar-refractivity contribution in [2.24, 2.45) is 5.92 Å². The van der Waals surface area contributed by atoms with Gasteiger partial charge < -0.3 is 9.80 Å². The molecule has 4 heteroatoms. The number of rotatable bonds is 4.